The Hall–Kier alpha value is -0.560. The van der Waals surface area contributed by atoms with E-state index in [1.807, 2.05) is 25.2 Å². The predicted octanol–water partition coefficient (Wildman–Crippen LogP) is 3.70. The van der Waals surface area contributed by atoms with Gasteiger partial charge in [0, 0.05) is 21.0 Å². The van der Waals surface area contributed by atoms with Crippen molar-refractivity contribution in [3.63, 3.8) is 0 Å². The van der Waals surface area contributed by atoms with Crippen LogP contribution < -0.4 is 10.6 Å². The molecule has 0 bridgehead atoms. The van der Waals surface area contributed by atoms with Gasteiger partial charge in [-0.25, -0.2) is 0 Å². The van der Waals surface area contributed by atoms with E-state index in [-0.39, 0.29) is 30.7 Å². The van der Waals surface area contributed by atoms with Gasteiger partial charge < -0.3 is 10.6 Å². The van der Waals surface area contributed by atoms with Crippen molar-refractivity contribution < 1.29 is 4.79 Å². The van der Waals surface area contributed by atoms with E-state index < -0.39 is 0 Å². The molecule has 1 fully saturated rings. The summed E-state index contributed by atoms with van der Waals surface area (Å²) in [4.78, 5) is 15.4. The Balaban J connectivity index is 0.00000156. The summed E-state index contributed by atoms with van der Waals surface area (Å²) in [5, 5.41) is 8.18. The Morgan fingerprint density at radius 3 is 2.68 bits per heavy atom. The number of halogens is 3. The predicted molar refractivity (Wildman–Crippen MR) is 112 cm³/mol. The molecule has 0 spiro atoms. The maximum Gasteiger partial charge on any atom is 0.234 e. The average Bonchev–Trinajstić information content (AvgIpc) is 2.90. The third-order valence-electron chi connectivity index (χ3n) is 4.37. The lowest BCUT2D eigenvalue weighted by Gasteiger charge is -2.31. The number of nitrogens with one attached hydrogen (secondary N) is 2. The molecule has 3 rings (SSSR count). The lowest BCUT2D eigenvalue weighted by Crippen LogP contribution is -2.45. The minimum Gasteiger partial charge on any atom is -0.350 e. The summed E-state index contributed by atoms with van der Waals surface area (Å²) in [5.74, 6) is 0.0551. The van der Waals surface area contributed by atoms with Crippen LogP contribution in [0.15, 0.2) is 24.3 Å². The molecule has 2 aromatic rings. The molecule has 8 heteroatoms. The molecule has 1 amide bonds. The van der Waals surface area contributed by atoms with Crippen LogP contribution in [0.5, 0.6) is 0 Å². The smallest absolute Gasteiger partial charge is 0.234 e. The fourth-order valence-electron chi connectivity index (χ4n) is 3.02. The number of nitrogens with zero attached hydrogens (tertiary/aromatic N) is 1. The zero-order chi connectivity index (χ0) is 16.2. The van der Waals surface area contributed by atoms with Crippen LogP contribution in [-0.2, 0) is 11.3 Å². The number of likely N-dealkylation sites (N-methyl/N-ethyl adjacent to an activating group) is 1. The summed E-state index contributed by atoms with van der Waals surface area (Å²) < 4.78 is 1.16. The summed E-state index contributed by atoms with van der Waals surface area (Å²) in [6.45, 7) is 3.01. The Kier molecular flexibility index (Phi) is 9.49. The maximum atomic E-state index is 12.2. The molecule has 2 heterocycles. The minimum absolute atomic E-state index is 0. The monoisotopic (exact) mass is 423 g/mol. The van der Waals surface area contributed by atoms with Gasteiger partial charge in [-0.05, 0) is 39.0 Å². The number of fused-ring (bicyclic) bond motifs is 1. The largest absolute Gasteiger partial charge is 0.350 e. The van der Waals surface area contributed by atoms with E-state index in [1.54, 1.807) is 11.3 Å². The SMILES string of the molecule is CN(CC(=O)NCc1sc2ccccc2c1Cl)C1CCNCC1.Cl.Cl. The molecule has 1 saturated heterocycles. The van der Waals surface area contributed by atoms with Crippen LogP contribution in [0.1, 0.15) is 17.7 Å². The lowest BCUT2D eigenvalue weighted by atomic mass is 10.1. The van der Waals surface area contributed by atoms with Gasteiger partial charge in [-0.15, -0.1) is 36.2 Å². The first kappa shape index (κ1) is 22.5. The van der Waals surface area contributed by atoms with Crippen molar-refractivity contribution in [1.82, 2.24) is 15.5 Å². The molecule has 1 aliphatic heterocycles. The van der Waals surface area contributed by atoms with Gasteiger partial charge in [0.15, 0.2) is 0 Å². The number of piperidine rings is 1. The van der Waals surface area contributed by atoms with Crippen LogP contribution in [0, 0.1) is 0 Å². The highest BCUT2D eigenvalue weighted by Gasteiger charge is 2.19. The van der Waals surface area contributed by atoms with E-state index in [1.165, 1.54) is 0 Å². The number of carbonyl (C=O) groups is 1. The third-order valence-corrected chi connectivity index (χ3v) is 6.09. The second-order valence-electron chi connectivity index (χ2n) is 6.01. The van der Waals surface area contributed by atoms with Crippen LogP contribution in [-0.4, -0.2) is 43.5 Å². The van der Waals surface area contributed by atoms with Crippen molar-refractivity contribution in [1.29, 1.82) is 0 Å². The Morgan fingerprint density at radius 1 is 1.32 bits per heavy atom. The first-order chi connectivity index (χ1) is 11.1. The molecule has 25 heavy (non-hydrogen) atoms. The fourth-order valence-corrected chi connectivity index (χ4v) is 4.46. The van der Waals surface area contributed by atoms with Gasteiger partial charge in [0.25, 0.3) is 0 Å². The van der Waals surface area contributed by atoms with Gasteiger partial charge in [-0.2, -0.15) is 0 Å². The molecule has 0 radical (unpaired) electrons. The van der Waals surface area contributed by atoms with Gasteiger partial charge in [-0.3, -0.25) is 9.69 Å². The zero-order valence-electron chi connectivity index (χ0n) is 14.1. The minimum atomic E-state index is 0. The van der Waals surface area contributed by atoms with Crippen molar-refractivity contribution in [2.24, 2.45) is 0 Å². The molecule has 140 valence electrons. The standard InChI is InChI=1S/C17H22ClN3OS.2ClH/c1-21(12-6-8-19-9-7-12)11-16(22)20-10-15-17(18)13-4-2-3-5-14(13)23-15;;/h2-5,12,19H,6-11H2,1H3,(H,20,22);2*1H. The highest BCUT2D eigenvalue weighted by atomic mass is 35.5. The van der Waals surface area contributed by atoms with Gasteiger partial charge >= 0.3 is 0 Å². The topological polar surface area (TPSA) is 44.4 Å². The van der Waals surface area contributed by atoms with Crippen molar-refractivity contribution in [2.45, 2.75) is 25.4 Å². The molecular formula is C17H24Cl3N3OS. The summed E-state index contributed by atoms with van der Waals surface area (Å²) in [6.07, 6.45) is 2.21. The number of carbonyl (C=O) groups excluding carboxylic acids is 1. The van der Waals surface area contributed by atoms with E-state index in [4.69, 9.17) is 11.6 Å². The highest BCUT2D eigenvalue weighted by molar-refractivity contribution is 7.19. The molecule has 2 N–H and O–H groups in total. The van der Waals surface area contributed by atoms with Crippen LogP contribution in [0.2, 0.25) is 5.02 Å². The van der Waals surface area contributed by atoms with Crippen LogP contribution in [0.25, 0.3) is 10.1 Å². The summed E-state index contributed by atoms with van der Waals surface area (Å²) >= 11 is 8.05. The van der Waals surface area contributed by atoms with E-state index in [2.05, 4.69) is 21.6 Å². The zero-order valence-corrected chi connectivity index (χ0v) is 17.3. The molecule has 1 aliphatic rings. The number of thiophene rings is 1. The quantitative estimate of drug-likeness (QED) is 0.769. The van der Waals surface area contributed by atoms with Crippen LogP contribution >= 0.6 is 47.8 Å². The Labute approximate surface area is 170 Å². The molecule has 4 nitrogen and oxygen atoms in total. The molecule has 0 aliphatic carbocycles. The van der Waals surface area contributed by atoms with Crippen molar-refractivity contribution in [3.8, 4) is 0 Å². The number of hydrogen-bond acceptors (Lipinski definition) is 4. The second-order valence-corrected chi connectivity index (χ2v) is 7.52. The maximum absolute atomic E-state index is 12.2. The van der Waals surface area contributed by atoms with E-state index in [0.717, 1.165) is 45.9 Å². The first-order valence-electron chi connectivity index (χ1n) is 7.98. The summed E-state index contributed by atoms with van der Waals surface area (Å²) in [5.41, 5.74) is 0. The molecule has 0 atom stereocenters. The molecule has 1 aromatic heterocycles. The highest BCUT2D eigenvalue weighted by Crippen LogP contribution is 2.34. The van der Waals surface area contributed by atoms with Gasteiger partial charge in [-0.1, -0.05) is 29.8 Å². The summed E-state index contributed by atoms with van der Waals surface area (Å²) in [6, 6.07) is 8.56. The van der Waals surface area contributed by atoms with Crippen molar-refractivity contribution >= 4 is 63.7 Å². The average molecular weight is 425 g/mol. The van der Waals surface area contributed by atoms with Gasteiger partial charge in [0.2, 0.25) is 5.91 Å². The van der Waals surface area contributed by atoms with Crippen molar-refractivity contribution in [3.05, 3.63) is 34.2 Å². The Bertz CT molecular complexity index is 689. The molecule has 0 saturated carbocycles. The van der Waals surface area contributed by atoms with Crippen molar-refractivity contribution in [2.75, 3.05) is 26.7 Å². The van der Waals surface area contributed by atoms with Crippen LogP contribution in [0.4, 0.5) is 0 Å². The second kappa shape index (κ2) is 10.6. The number of rotatable bonds is 5. The van der Waals surface area contributed by atoms with Gasteiger partial charge in [0.05, 0.1) is 18.1 Å². The number of amides is 1. The molecular weight excluding hydrogens is 401 g/mol. The first-order valence-corrected chi connectivity index (χ1v) is 9.18. The van der Waals surface area contributed by atoms with Gasteiger partial charge in [0.1, 0.15) is 0 Å². The fraction of sp³-hybridized carbons (Fsp3) is 0.471. The molecule has 0 unspecified atom stereocenters. The van der Waals surface area contributed by atoms with E-state index >= 15 is 0 Å². The Morgan fingerprint density at radius 2 is 2.00 bits per heavy atom. The normalized spacial score (nSPS) is 14.8. The van der Waals surface area contributed by atoms with E-state index in [9.17, 15) is 4.79 Å². The number of benzene rings is 1. The number of hydrogen-bond donors (Lipinski definition) is 2. The van der Waals surface area contributed by atoms with E-state index in [0.29, 0.717) is 19.1 Å². The third kappa shape index (κ3) is 5.71. The van der Waals surface area contributed by atoms with Crippen LogP contribution in [0.3, 0.4) is 0 Å². The lowest BCUT2D eigenvalue weighted by molar-refractivity contribution is -0.122. The molecule has 1 aromatic carbocycles. The summed E-state index contributed by atoms with van der Waals surface area (Å²) in [7, 11) is 2.03.